The maximum atomic E-state index is 13.6. The molecule has 0 aliphatic rings. The van der Waals surface area contributed by atoms with Gasteiger partial charge in [0, 0.05) is 11.1 Å². The molecule has 0 radical (unpaired) electrons. The number of hydrogen-bond acceptors (Lipinski definition) is 1. The van der Waals surface area contributed by atoms with Gasteiger partial charge in [-0.1, -0.05) is 24.3 Å². The molecule has 3 heteroatoms. The van der Waals surface area contributed by atoms with Gasteiger partial charge >= 0.3 is 0 Å². The number of halogens is 2. The van der Waals surface area contributed by atoms with Crippen molar-refractivity contribution in [1.82, 2.24) is 0 Å². The first kappa shape index (κ1) is 11.5. The van der Waals surface area contributed by atoms with Gasteiger partial charge in [0.05, 0.1) is 0 Å². The highest BCUT2D eigenvalue weighted by atomic mass is 19.1. The van der Waals surface area contributed by atoms with E-state index in [0.717, 1.165) is 6.07 Å². The molecule has 0 atom stereocenters. The first-order valence-electron chi connectivity index (χ1n) is 5.15. The smallest absolute Gasteiger partial charge is 0.160 e. The zero-order chi connectivity index (χ0) is 12.4. The van der Waals surface area contributed by atoms with Gasteiger partial charge in [-0.2, -0.15) is 0 Å². The standard InChI is InChI=1S/C14H10F2O/c1-9(17)13-8-10(15)6-7-11(13)12-4-2-3-5-14(12)16/h2-8H,1H3. The Labute approximate surface area is 97.7 Å². The Morgan fingerprint density at radius 2 is 1.71 bits per heavy atom. The molecule has 2 rings (SSSR count). The molecule has 0 aromatic heterocycles. The second-order valence-electron chi connectivity index (χ2n) is 3.73. The van der Waals surface area contributed by atoms with E-state index in [1.165, 1.54) is 25.1 Å². The minimum Gasteiger partial charge on any atom is -0.294 e. The average Bonchev–Trinajstić information content (AvgIpc) is 2.30. The van der Waals surface area contributed by atoms with E-state index in [4.69, 9.17) is 0 Å². The van der Waals surface area contributed by atoms with Gasteiger partial charge in [-0.25, -0.2) is 8.78 Å². The van der Waals surface area contributed by atoms with Gasteiger partial charge < -0.3 is 0 Å². The first-order valence-corrected chi connectivity index (χ1v) is 5.15. The lowest BCUT2D eigenvalue weighted by atomic mass is 9.97. The van der Waals surface area contributed by atoms with Gasteiger partial charge in [-0.15, -0.1) is 0 Å². The lowest BCUT2D eigenvalue weighted by molar-refractivity contribution is 0.101. The molecule has 0 saturated heterocycles. The second kappa shape index (κ2) is 4.45. The quantitative estimate of drug-likeness (QED) is 0.719. The zero-order valence-corrected chi connectivity index (χ0v) is 9.21. The molecule has 0 spiro atoms. The minimum atomic E-state index is -0.504. The van der Waals surface area contributed by atoms with Crippen LogP contribution >= 0.6 is 0 Å². The van der Waals surface area contributed by atoms with Crippen molar-refractivity contribution < 1.29 is 13.6 Å². The van der Waals surface area contributed by atoms with Crippen LogP contribution in [0, 0.1) is 11.6 Å². The Bertz CT molecular complexity index is 576. The normalized spacial score (nSPS) is 10.3. The topological polar surface area (TPSA) is 17.1 Å². The molecule has 0 bridgehead atoms. The fourth-order valence-electron chi connectivity index (χ4n) is 1.72. The highest BCUT2D eigenvalue weighted by Crippen LogP contribution is 2.27. The molecule has 0 aliphatic heterocycles. The number of hydrogen-bond donors (Lipinski definition) is 0. The average molecular weight is 232 g/mol. The van der Waals surface area contributed by atoms with Crippen LogP contribution in [0.4, 0.5) is 8.78 Å². The SMILES string of the molecule is CC(=O)c1cc(F)ccc1-c1ccccc1F. The highest BCUT2D eigenvalue weighted by Gasteiger charge is 2.13. The summed E-state index contributed by atoms with van der Waals surface area (Å²) in [5.74, 6) is -1.22. The molecule has 0 heterocycles. The van der Waals surface area contributed by atoms with Crippen LogP contribution in [0.15, 0.2) is 42.5 Å². The molecule has 1 nitrogen and oxygen atoms in total. The van der Waals surface area contributed by atoms with Gasteiger partial charge in [0.25, 0.3) is 0 Å². The summed E-state index contributed by atoms with van der Waals surface area (Å²) in [6.07, 6.45) is 0. The predicted molar refractivity (Wildman–Crippen MR) is 61.8 cm³/mol. The van der Waals surface area contributed by atoms with Crippen molar-refractivity contribution in [3.63, 3.8) is 0 Å². The van der Waals surface area contributed by atoms with Gasteiger partial charge in [-0.05, 0) is 30.7 Å². The summed E-state index contributed by atoms with van der Waals surface area (Å²) >= 11 is 0. The Morgan fingerprint density at radius 3 is 2.35 bits per heavy atom. The monoisotopic (exact) mass is 232 g/mol. The number of rotatable bonds is 2. The molecular weight excluding hydrogens is 222 g/mol. The number of carbonyl (C=O) groups excluding carboxylic acids is 1. The van der Waals surface area contributed by atoms with Crippen molar-refractivity contribution in [3.05, 3.63) is 59.7 Å². The summed E-state index contributed by atoms with van der Waals surface area (Å²) in [5.41, 5.74) is 0.907. The predicted octanol–water partition coefficient (Wildman–Crippen LogP) is 3.83. The molecule has 0 fully saturated rings. The van der Waals surface area contributed by atoms with E-state index in [0.29, 0.717) is 11.1 Å². The van der Waals surface area contributed by atoms with Crippen molar-refractivity contribution in [2.24, 2.45) is 0 Å². The van der Waals surface area contributed by atoms with Crippen molar-refractivity contribution in [2.45, 2.75) is 6.92 Å². The minimum absolute atomic E-state index is 0.190. The van der Waals surface area contributed by atoms with Crippen LogP contribution in [-0.2, 0) is 0 Å². The van der Waals surface area contributed by atoms with E-state index < -0.39 is 11.6 Å². The number of carbonyl (C=O) groups is 1. The van der Waals surface area contributed by atoms with Crippen molar-refractivity contribution in [3.8, 4) is 11.1 Å². The van der Waals surface area contributed by atoms with Crippen LogP contribution in [0.2, 0.25) is 0 Å². The third-order valence-electron chi connectivity index (χ3n) is 2.52. The Hall–Kier alpha value is -2.03. The number of benzene rings is 2. The first-order chi connectivity index (χ1) is 8.09. The van der Waals surface area contributed by atoms with E-state index in [2.05, 4.69) is 0 Å². The molecule has 2 aromatic carbocycles. The van der Waals surface area contributed by atoms with Crippen LogP contribution in [0.1, 0.15) is 17.3 Å². The van der Waals surface area contributed by atoms with Crippen molar-refractivity contribution >= 4 is 5.78 Å². The highest BCUT2D eigenvalue weighted by molar-refractivity contribution is 6.00. The summed E-state index contributed by atoms with van der Waals surface area (Å²) in [7, 11) is 0. The summed E-state index contributed by atoms with van der Waals surface area (Å²) in [5, 5.41) is 0. The Balaban J connectivity index is 2.68. The van der Waals surface area contributed by atoms with Crippen LogP contribution < -0.4 is 0 Å². The van der Waals surface area contributed by atoms with Crippen LogP contribution in [-0.4, -0.2) is 5.78 Å². The molecule has 0 amide bonds. The largest absolute Gasteiger partial charge is 0.294 e. The summed E-state index contributed by atoms with van der Waals surface area (Å²) < 4.78 is 26.7. The van der Waals surface area contributed by atoms with E-state index in [1.807, 2.05) is 0 Å². The fourth-order valence-corrected chi connectivity index (χ4v) is 1.72. The van der Waals surface area contributed by atoms with Crippen LogP contribution in [0.5, 0.6) is 0 Å². The molecule has 0 N–H and O–H groups in total. The molecule has 2 aromatic rings. The maximum absolute atomic E-state index is 13.6. The fraction of sp³-hybridized carbons (Fsp3) is 0.0714. The van der Waals surface area contributed by atoms with E-state index in [-0.39, 0.29) is 11.3 Å². The summed E-state index contributed by atoms with van der Waals surface area (Å²) in [4.78, 5) is 11.4. The molecule has 0 saturated carbocycles. The number of Topliss-reactive ketones (excluding diaryl/α,β-unsaturated/α-hetero) is 1. The van der Waals surface area contributed by atoms with Crippen LogP contribution in [0.3, 0.4) is 0 Å². The molecule has 0 unspecified atom stereocenters. The third kappa shape index (κ3) is 2.23. The van der Waals surface area contributed by atoms with E-state index >= 15 is 0 Å². The Morgan fingerprint density at radius 1 is 1.00 bits per heavy atom. The van der Waals surface area contributed by atoms with Crippen molar-refractivity contribution in [2.75, 3.05) is 0 Å². The zero-order valence-electron chi connectivity index (χ0n) is 9.21. The lowest BCUT2D eigenvalue weighted by Crippen LogP contribution is -1.98. The van der Waals surface area contributed by atoms with Crippen molar-refractivity contribution in [1.29, 1.82) is 0 Å². The van der Waals surface area contributed by atoms with E-state index in [1.54, 1.807) is 18.2 Å². The number of ketones is 1. The van der Waals surface area contributed by atoms with Gasteiger partial charge in [0.15, 0.2) is 5.78 Å². The molecule has 17 heavy (non-hydrogen) atoms. The lowest BCUT2D eigenvalue weighted by Gasteiger charge is -2.08. The van der Waals surface area contributed by atoms with Crippen LogP contribution in [0.25, 0.3) is 11.1 Å². The molecular formula is C14H10F2O. The summed E-state index contributed by atoms with van der Waals surface area (Å²) in [6.45, 7) is 1.33. The third-order valence-corrected chi connectivity index (χ3v) is 2.52. The molecule has 86 valence electrons. The van der Waals surface area contributed by atoms with Gasteiger partial charge in [-0.3, -0.25) is 4.79 Å². The second-order valence-corrected chi connectivity index (χ2v) is 3.73. The summed E-state index contributed by atoms with van der Waals surface area (Å²) in [6, 6.07) is 9.88. The van der Waals surface area contributed by atoms with Gasteiger partial charge in [0.1, 0.15) is 11.6 Å². The molecule has 0 aliphatic carbocycles. The van der Waals surface area contributed by atoms with Gasteiger partial charge in [0.2, 0.25) is 0 Å². The van der Waals surface area contributed by atoms with E-state index in [9.17, 15) is 13.6 Å². The maximum Gasteiger partial charge on any atom is 0.160 e. The Kier molecular flexibility index (Phi) is 3.00.